The standard InChI is InChI=1S/C52H33NO/c1-2-12-34(13-3-1)35-24-26-40(27-25-35)53(49-22-11-23-50-52(49)48-31-36-14-4-5-15-37(36)33-51(48)54-50)41-28-29-43-38(30-41)17-10-21-45(43)47-32-39-16-6-7-18-42(39)44-19-8-9-20-46(44)47/h1-33H. The lowest BCUT2D eigenvalue weighted by Crippen LogP contribution is -2.10. The Labute approximate surface area is 312 Å². The van der Waals surface area contributed by atoms with Gasteiger partial charge in [-0.05, 0) is 120 Å². The van der Waals surface area contributed by atoms with E-state index in [0.29, 0.717) is 0 Å². The van der Waals surface area contributed by atoms with Crippen molar-refractivity contribution in [2.24, 2.45) is 0 Å². The van der Waals surface area contributed by atoms with Gasteiger partial charge >= 0.3 is 0 Å². The van der Waals surface area contributed by atoms with Gasteiger partial charge in [0.25, 0.3) is 0 Å². The van der Waals surface area contributed by atoms with E-state index in [-0.39, 0.29) is 0 Å². The van der Waals surface area contributed by atoms with Crippen molar-refractivity contribution in [2.45, 2.75) is 0 Å². The van der Waals surface area contributed by atoms with E-state index in [1.54, 1.807) is 0 Å². The Morgan fingerprint density at radius 2 is 0.944 bits per heavy atom. The molecule has 11 rings (SSSR count). The van der Waals surface area contributed by atoms with Gasteiger partial charge in [-0.15, -0.1) is 0 Å². The SMILES string of the molecule is c1ccc(-c2ccc(N(c3ccc4c(-c5cc6ccccc6c6ccccc56)cccc4c3)c3cccc4oc5cc6ccccc6cc5c34)cc2)cc1. The molecule has 0 radical (unpaired) electrons. The number of furan rings is 1. The van der Waals surface area contributed by atoms with Gasteiger partial charge in [0.05, 0.1) is 11.1 Å². The molecule has 252 valence electrons. The fraction of sp³-hybridized carbons (Fsp3) is 0. The molecule has 0 bridgehead atoms. The van der Waals surface area contributed by atoms with Crippen molar-refractivity contribution in [2.75, 3.05) is 4.90 Å². The van der Waals surface area contributed by atoms with Gasteiger partial charge in [-0.1, -0.05) is 146 Å². The molecule has 0 saturated carbocycles. The van der Waals surface area contributed by atoms with Gasteiger partial charge in [0.15, 0.2) is 0 Å². The van der Waals surface area contributed by atoms with E-state index in [9.17, 15) is 0 Å². The number of benzene rings is 10. The van der Waals surface area contributed by atoms with Gasteiger partial charge < -0.3 is 9.32 Å². The smallest absolute Gasteiger partial charge is 0.137 e. The molecule has 2 heteroatoms. The molecule has 0 atom stereocenters. The average molecular weight is 688 g/mol. The first kappa shape index (κ1) is 30.5. The molecule has 1 heterocycles. The van der Waals surface area contributed by atoms with Crippen molar-refractivity contribution >= 4 is 82.1 Å². The molecular weight excluding hydrogens is 655 g/mol. The minimum Gasteiger partial charge on any atom is -0.456 e. The van der Waals surface area contributed by atoms with Crippen LogP contribution < -0.4 is 4.90 Å². The summed E-state index contributed by atoms with van der Waals surface area (Å²) < 4.78 is 6.57. The fourth-order valence-corrected chi connectivity index (χ4v) is 8.46. The summed E-state index contributed by atoms with van der Waals surface area (Å²) in [5.74, 6) is 0. The Morgan fingerprint density at radius 1 is 0.315 bits per heavy atom. The summed E-state index contributed by atoms with van der Waals surface area (Å²) in [6.07, 6.45) is 0. The molecule has 0 saturated heterocycles. The number of hydrogen-bond acceptors (Lipinski definition) is 2. The number of nitrogens with zero attached hydrogens (tertiary/aromatic N) is 1. The zero-order valence-corrected chi connectivity index (χ0v) is 29.4. The van der Waals surface area contributed by atoms with Gasteiger partial charge in [0, 0.05) is 16.8 Å². The van der Waals surface area contributed by atoms with E-state index in [1.165, 1.54) is 65.3 Å². The second kappa shape index (κ2) is 12.2. The highest BCUT2D eigenvalue weighted by molar-refractivity contribution is 6.18. The van der Waals surface area contributed by atoms with Crippen LogP contribution in [-0.4, -0.2) is 0 Å². The lowest BCUT2D eigenvalue weighted by Gasteiger charge is -2.27. The summed E-state index contributed by atoms with van der Waals surface area (Å²) in [6, 6.07) is 72.3. The molecule has 0 aliphatic rings. The molecule has 0 aliphatic heterocycles. The minimum atomic E-state index is 0.870. The number of anilines is 3. The molecular formula is C52H33NO. The molecule has 0 amide bonds. The van der Waals surface area contributed by atoms with Gasteiger partial charge in [-0.25, -0.2) is 0 Å². The molecule has 0 unspecified atom stereocenters. The summed E-state index contributed by atoms with van der Waals surface area (Å²) in [7, 11) is 0. The van der Waals surface area contributed by atoms with Crippen molar-refractivity contribution in [1.82, 2.24) is 0 Å². The second-order valence-electron chi connectivity index (χ2n) is 14.1. The highest BCUT2D eigenvalue weighted by Gasteiger charge is 2.21. The van der Waals surface area contributed by atoms with Crippen molar-refractivity contribution < 1.29 is 4.42 Å². The lowest BCUT2D eigenvalue weighted by atomic mass is 9.90. The molecule has 2 nitrogen and oxygen atoms in total. The van der Waals surface area contributed by atoms with Crippen LogP contribution in [0, 0.1) is 0 Å². The second-order valence-corrected chi connectivity index (χ2v) is 14.1. The molecule has 1 aromatic heterocycles. The van der Waals surface area contributed by atoms with Crippen LogP contribution in [0.5, 0.6) is 0 Å². The fourth-order valence-electron chi connectivity index (χ4n) is 8.46. The molecule has 10 aromatic carbocycles. The molecule has 11 aromatic rings. The molecule has 0 N–H and O–H groups in total. The Morgan fingerprint density at radius 3 is 1.78 bits per heavy atom. The van der Waals surface area contributed by atoms with Gasteiger partial charge in [-0.3, -0.25) is 0 Å². The highest BCUT2D eigenvalue weighted by atomic mass is 16.3. The molecule has 0 aliphatic carbocycles. The predicted octanol–water partition coefficient (Wildman–Crippen LogP) is 15.0. The van der Waals surface area contributed by atoms with Crippen LogP contribution in [0.15, 0.2) is 205 Å². The van der Waals surface area contributed by atoms with Crippen molar-refractivity contribution in [1.29, 1.82) is 0 Å². The number of rotatable bonds is 5. The first-order chi connectivity index (χ1) is 26.8. The summed E-state index contributed by atoms with van der Waals surface area (Å²) in [6.45, 7) is 0. The normalized spacial score (nSPS) is 11.7. The maximum absolute atomic E-state index is 6.57. The van der Waals surface area contributed by atoms with Gasteiger partial charge in [-0.2, -0.15) is 0 Å². The molecule has 54 heavy (non-hydrogen) atoms. The predicted molar refractivity (Wildman–Crippen MR) is 229 cm³/mol. The van der Waals surface area contributed by atoms with E-state index in [0.717, 1.165) is 39.0 Å². The maximum atomic E-state index is 6.57. The highest BCUT2D eigenvalue weighted by Crippen LogP contribution is 2.45. The van der Waals surface area contributed by atoms with E-state index in [1.807, 2.05) is 0 Å². The van der Waals surface area contributed by atoms with Crippen molar-refractivity contribution in [3.63, 3.8) is 0 Å². The van der Waals surface area contributed by atoms with Crippen molar-refractivity contribution in [3.8, 4) is 22.3 Å². The van der Waals surface area contributed by atoms with Gasteiger partial charge in [0.1, 0.15) is 11.2 Å². The Bertz CT molecular complexity index is 3210. The van der Waals surface area contributed by atoms with E-state index in [2.05, 4.69) is 205 Å². The van der Waals surface area contributed by atoms with Crippen LogP contribution in [0.1, 0.15) is 0 Å². The summed E-state index contributed by atoms with van der Waals surface area (Å²) >= 11 is 0. The average Bonchev–Trinajstić information content (AvgIpc) is 3.61. The first-order valence-corrected chi connectivity index (χ1v) is 18.5. The van der Waals surface area contributed by atoms with Crippen LogP contribution in [0.25, 0.3) is 87.3 Å². The number of fused-ring (bicyclic) bond motifs is 8. The number of hydrogen-bond donors (Lipinski definition) is 0. The third-order valence-electron chi connectivity index (χ3n) is 11.0. The Kier molecular flexibility index (Phi) is 6.90. The van der Waals surface area contributed by atoms with E-state index < -0.39 is 0 Å². The maximum Gasteiger partial charge on any atom is 0.137 e. The third kappa shape index (κ3) is 4.88. The lowest BCUT2D eigenvalue weighted by molar-refractivity contribution is 0.669. The summed E-state index contributed by atoms with van der Waals surface area (Å²) in [4.78, 5) is 2.39. The van der Waals surface area contributed by atoms with Crippen LogP contribution in [0.4, 0.5) is 17.1 Å². The van der Waals surface area contributed by atoms with Crippen LogP contribution in [-0.2, 0) is 0 Å². The van der Waals surface area contributed by atoms with E-state index >= 15 is 0 Å². The third-order valence-corrected chi connectivity index (χ3v) is 11.0. The van der Waals surface area contributed by atoms with Crippen LogP contribution in [0.3, 0.4) is 0 Å². The Balaban J connectivity index is 1.13. The zero-order valence-electron chi connectivity index (χ0n) is 29.4. The molecule has 0 spiro atoms. The Hall–Kier alpha value is -7.16. The molecule has 0 fully saturated rings. The first-order valence-electron chi connectivity index (χ1n) is 18.5. The van der Waals surface area contributed by atoms with Crippen LogP contribution >= 0.6 is 0 Å². The van der Waals surface area contributed by atoms with E-state index in [4.69, 9.17) is 4.42 Å². The summed E-state index contributed by atoms with van der Waals surface area (Å²) in [5, 5.41) is 12.0. The minimum absolute atomic E-state index is 0.870. The van der Waals surface area contributed by atoms with Gasteiger partial charge in [0.2, 0.25) is 0 Å². The quantitative estimate of drug-likeness (QED) is 0.168. The van der Waals surface area contributed by atoms with Crippen molar-refractivity contribution in [3.05, 3.63) is 200 Å². The summed E-state index contributed by atoms with van der Waals surface area (Å²) in [5.41, 5.74) is 9.86. The monoisotopic (exact) mass is 687 g/mol. The topological polar surface area (TPSA) is 16.4 Å². The zero-order chi connectivity index (χ0) is 35.6. The largest absolute Gasteiger partial charge is 0.456 e. The van der Waals surface area contributed by atoms with Crippen LogP contribution in [0.2, 0.25) is 0 Å².